The second kappa shape index (κ2) is 6.67. The minimum absolute atomic E-state index is 0.299. The monoisotopic (exact) mass is 374 g/mol. The molecule has 22 heavy (non-hydrogen) atoms. The van der Waals surface area contributed by atoms with Crippen LogP contribution in [0.5, 0.6) is 0 Å². The van der Waals surface area contributed by atoms with Crippen LogP contribution in [0.1, 0.15) is 16.1 Å². The molecule has 1 aromatic carbocycles. The van der Waals surface area contributed by atoms with E-state index in [-0.39, 0.29) is 5.91 Å². The zero-order valence-corrected chi connectivity index (χ0v) is 13.7. The van der Waals surface area contributed by atoms with Gasteiger partial charge in [0.2, 0.25) is 0 Å². The number of amides is 1. The van der Waals surface area contributed by atoms with Crippen molar-refractivity contribution in [1.82, 2.24) is 15.6 Å². The van der Waals surface area contributed by atoms with Crippen molar-refractivity contribution in [1.29, 1.82) is 0 Å². The van der Waals surface area contributed by atoms with Crippen molar-refractivity contribution < 1.29 is 4.79 Å². The molecule has 3 rings (SSSR count). The van der Waals surface area contributed by atoms with Crippen molar-refractivity contribution in [3.63, 3.8) is 0 Å². The van der Waals surface area contributed by atoms with Gasteiger partial charge in [0.25, 0.3) is 5.91 Å². The second-order valence-electron chi connectivity index (χ2n) is 4.36. The summed E-state index contributed by atoms with van der Waals surface area (Å²) in [5.74, 6) is -0.359. The average molecular weight is 375 g/mol. The number of rotatable bonds is 4. The molecule has 2 heterocycles. The van der Waals surface area contributed by atoms with E-state index in [9.17, 15) is 4.79 Å². The number of nitrogens with one attached hydrogen (secondary N) is 2. The third-order valence-electron chi connectivity index (χ3n) is 2.87. The number of H-pyrrole nitrogens is 1. The third-order valence-corrected chi connectivity index (χ3v) is 4.50. The fraction of sp³-hybridized carbons (Fsp3) is 0. The Morgan fingerprint density at radius 2 is 2.18 bits per heavy atom. The van der Waals surface area contributed by atoms with E-state index < -0.39 is 0 Å². The highest BCUT2D eigenvalue weighted by molar-refractivity contribution is 9.10. The number of aromatic nitrogens is 2. The fourth-order valence-corrected chi connectivity index (χ4v) is 2.87. The van der Waals surface area contributed by atoms with Gasteiger partial charge in [-0.25, -0.2) is 5.43 Å². The Morgan fingerprint density at radius 1 is 1.32 bits per heavy atom. The summed E-state index contributed by atoms with van der Waals surface area (Å²) in [6.07, 6.45) is 1.58. The number of nitrogens with zero attached hydrogens (tertiary/aromatic N) is 2. The summed E-state index contributed by atoms with van der Waals surface area (Å²) in [5, 5.41) is 12.8. The van der Waals surface area contributed by atoms with E-state index in [1.165, 1.54) is 0 Å². The number of thiophene rings is 1. The predicted octanol–water partition coefficient (Wildman–Crippen LogP) is 3.66. The van der Waals surface area contributed by atoms with Crippen LogP contribution in [0.2, 0.25) is 0 Å². The lowest BCUT2D eigenvalue weighted by atomic mass is 10.2. The van der Waals surface area contributed by atoms with Gasteiger partial charge in [0.1, 0.15) is 0 Å². The van der Waals surface area contributed by atoms with Gasteiger partial charge in [0.15, 0.2) is 5.69 Å². The number of hydrogen-bond donors (Lipinski definition) is 2. The Balaban J connectivity index is 1.67. The molecule has 7 heteroatoms. The zero-order chi connectivity index (χ0) is 15.4. The molecule has 1 amide bonds. The van der Waals surface area contributed by atoms with Gasteiger partial charge in [0, 0.05) is 10.0 Å². The van der Waals surface area contributed by atoms with Gasteiger partial charge in [-0.15, -0.1) is 11.3 Å². The summed E-state index contributed by atoms with van der Waals surface area (Å²) in [6, 6.07) is 13.2. The number of carbonyl (C=O) groups excluding carboxylic acids is 1. The minimum atomic E-state index is -0.359. The van der Waals surface area contributed by atoms with Crippen molar-refractivity contribution in [3.8, 4) is 10.6 Å². The van der Waals surface area contributed by atoms with Gasteiger partial charge >= 0.3 is 0 Å². The number of benzene rings is 1. The molecule has 0 saturated carbocycles. The molecule has 0 spiro atoms. The SMILES string of the molecule is O=C(N/N=C\c1ccccc1Br)c1cc(-c2cccs2)[nH]n1. The molecule has 3 aromatic rings. The normalized spacial score (nSPS) is 11.0. The van der Waals surface area contributed by atoms with Crippen LogP contribution < -0.4 is 5.43 Å². The van der Waals surface area contributed by atoms with Gasteiger partial charge in [-0.05, 0) is 23.6 Å². The van der Waals surface area contributed by atoms with Crippen LogP contribution in [0.3, 0.4) is 0 Å². The Hall–Kier alpha value is -2.25. The van der Waals surface area contributed by atoms with E-state index in [0.29, 0.717) is 5.69 Å². The minimum Gasteiger partial charge on any atom is -0.276 e. The van der Waals surface area contributed by atoms with E-state index in [2.05, 4.69) is 36.7 Å². The van der Waals surface area contributed by atoms with Crippen LogP contribution in [0.4, 0.5) is 0 Å². The van der Waals surface area contributed by atoms with E-state index >= 15 is 0 Å². The number of aromatic amines is 1. The Labute approximate surface area is 139 Å². The average Bonchev–Trinajstić information content (AvgIpc) is 3.20. The highest BCUT2D eigenvalue weighted by Crippen LogP contribution is 2.22. The summed E-state index contributed by atoms with van der Waals surface area (Å²) in [7, 11) is 0. The topological polar surface area (TPSA) is 70.1 Å². The lowest BCUT2D eigenvalue weighted by molar-refractivity contribution is 0.0950. The molecule has 0 fully saturated rings. The van der Waals surface area contributed by atoms with Gasteiger partial charge in [-0.3, -0.25) is 9.89 Å². The third kappa shape index (κ3) is 3.32. The summed E-state index contributed by atoms with van der Waals surface area (Å²) in [5.41, 5.74) is 4.46. The molecule has 2 N–H and O–H groups in total. The van der Waals surface area contributed by atoms with Crippen LogP contribution in [-0.2, 0) is 0 Å². The standard InChI is InChI=1S/C15H11BrN4OS/c16-11-5-2-1-4-10(11)9-17-20-15(21)13-8-12(18-19-13)14-6-3-7-22-14/h1-9H,(H,18,19)(H,20,21)/b17-9-. The molecule has 0 atom stereocenters. The Bertz CT molecular complexity index is 811. The number of hydrazone groups is 1. The molecule has 5 nitrogen and oxygen atoms in total. The molecule has 110 valence electrons. The smallest absolute Gasteiger partial charge is 0.276 e. The van der Waals surface area contributed by atoms with Gasteiger partial charge in [0.05, 0.1) is 16.8 Å². The highest BCUT2D eigenvalue weighted by atomic mass is 79.9. The first-order valence-electron chi connectivity index (χ1n) is 6.41. The van der Waals surface area contributed by atoms with Crippen LogP contribution in [0.25, 0.3) is 10.6 Å². The maximum Gasteiger partial charge on any atom is 0.291 e. The van der Waals surface area contributed by atoms with Gasteiger partial charge in [-0.1, -0.05) is 40.2 Å². The van der Waals surface area contributed by atoms with Gasteiger partial charge < -0.3 is 0 Å². The van der Waals surface area contributed by atoms with Crippen LogP contribution in [0, 0.1) is 0 Å². The summed E-state index contributed by atoms with van der Waals surface area (Å²) in [4.78, 5) is 13.0. The quantitative estimate of drug-likeness (QED) is 0.540. The first-order valence-corrected chi connectivity index (χ1v) is 8.08. The van der Waals surface area contributed by atoms with E-state index in [1.807, 2.05) is 41.8 Å². The summed E-state index contributed by atoms with van der Waals surface area (Å²) >= 11 is 4.99. The lowest BCUT2D eigenvalue weighted by Crippen LogP contribution is -2.18. The fourth-order valence-electron chi connectivity index (χ4n) is 1.79. The number of carbonyl (C=O) groups is 1. The summed E-state index contributed by atoms with van der Waals surface area (Å²) in [6.45, 7) is 0. The van der Waals surface area contributed by atoms with Crippen molar-refractivity contribution in [3.05, 3.63) is 63.6 Å². The van der Waals surface area contributed by atoms with Crippen molar-refractivity contribution in [2.24, 2.45) is 5.10 Å². The molecule has 0 aliphatic heterocycles. The molecule has 0 aliphatic carbocycles. The van der Waals surface area contributed by atoms with E-state index in [1.54, 1.807) is 23.6 Å². The summed E-state index contributed by atoms with van der Waals surface area (Å²) < 4.78 is 0.910. The van der Waals surface area contributed by atoms with Crippen LogP contribution in [0.15, 0.2) is 57.4 Å². The van der Waals surface area contributed by atoms with Crippen LogP contribution in [-0.4, -0.2) is 22.3 Å². The van der Waals surface area contributed by atoms with Crippen molar-refractivity contribution in [2.75, 3.05) is 0 Å². The van der Waals surface area contributed by atoms with E-state index in [0.717, 1.165) is 20.6 Å². The zero-order valence-electron chi connectivity index (χ0n) is 11.3. The maximum absolute atomic E-state index is 12.0. The first kappa shape index (κ1) is 14.7. The molecule has 0 unspecified atom stereocenters. The Kier molecular flexibility index (Phi) is 4.45. The second-order valence-corrected chi connectivity index (χ2v) is 6.17. The highest BCUT2D eigenvalue weighted by Gasteiger charge is 2.11. The molecule has 2 aromatic heterocycles. The molecule has 0 radical (unpaired) electrons. The predicted molar refractivity (Wildman–Crippen MR) is 91.1 cm³/mol. The Morgan fingerprint density at radius 3 is 2.95 bits per heavy atom. The molecular formula is C15H11BrN4OS. The number of halogens is 1. The number of hydrogen-bond acceptors (Lipinski definition) is 4. The first-order chi connectivity index (χ1) is 10.7. The largest absolute Gasteiger partial charge is 0.291 e. The van der Waals surface area contributed by atoms with Crippen molar-refractivity contribution >= 4 is 39.4 Å². The van der Waals surface area contributed by atoms with Gasteiger partial charge in [-0.2, -0.15) is 10.2 Å². The van der Waals surface area contributed by atoms with Crippen LogP contribution >= 0.6 is 27.3 Å². The molecule has 0 bridgehead atoms. The van der Waals surface area contributed by atoms with E-state index in [4.69, 9.17) is 0 Å². The molecular weight excluding hydrogens is 364 g/mol. The van der Waals surface area contributed by atoms with Crippen molar-refractivity contribution in [2.45, 2.75) is 0 Å². The lowest BCUT2D eigenvalue weighted by Gasteiger charge is -1.97. The maximum atomic E-state index is 12.0. The molecule has 0 saturated heterocycles. The molecule has 0 aliphatic rings.